The molecular formula is C17H15N3O5. The highest BCUT2D eigenvalue weighted by atomic mass is 16.6. The Morgan fingerprint density at radius 2 is 2.08 bits per heavy atom. The van der Waals surface area contributed by atoms with Crippen molar-refractivity contribution in [2.24, 2.45) is 0 Å². The van der Waals surface area contributed by atoms with Crippen LogP contribution in [0.15, 0.2) is 57.9 Å². The molecule has 0 aliphatic heterocycles. The molecule has 0 saturated carbocycles. The van der Waals surface area contributed by atoms with Gasteiger partial charge in [0, 0.05) is 17.5 Å². The van der Waals surface area contributed by atoms with Gasteiger partial charge in [0.05, 0.1) is 17.2 Å². The highest BCUT2D eigenvalue weighted by Crippen LogP contribution is 2.23. The van der Waals surface area contributed by atoms with Crippen LogP contribution in [0.1, 0.15) is 18.7 Å². The van der Waals surface area contributed by atoms with Gasteiger partial charge in [0.1, 0.15) is 17.9 Å². The van der Waals surface area contributed by atoms with Crippen LogP contribution in [0.4, 0.5) is 5.69 Å². The first-order chi connectivity index (χ1) is 11.9. The van der Waals surface area contributed by atoms with E-state index in [1.807, 2.05) is 30.3 Å². The summed E-state index contributed by atoms with van der Waals surface area (Å²) in [7, 11) is 0. The van der Waals surface area contributed by atoms with E-state index in [1.54, 1.807) is 6.92 Å². The van der Waals surface area contributed by atoms with E-state index in [1.165, 1.54) is 0 Å². The molecule has 2 heterocycles. The fourth-order valence-corrected chi connectivity index (χ4v) is 2.48. The third-order valence-electron chi connectivity index (χ3n) is 3.74. The lowest BCUT2D eigenvalue weighted by Crippen LogP contribution is -2.33. The first kappa shape index (κ1) is 16.4. The fourth-order valence-electron chi connectivity index (χ4n) is 2.48. The Kier molecular flexibility index (Phi) is 4.34. The fraction of sp³-hybridized carbons (Fsp3) is 0.176. The zero-order valence-corrected chi connectivity index (χ0v) is 13.3. The van der Waals surface area contributed by atoms with E-state index in [-0.39, 0.29) is 12.2 Å². The Balaban J connectivity index is 1.73. The van der Waals surface area contributed by atoms with Gasteiger partial charge in [-0.3, -0.25) is 24.3 Å². The summed E-state index contributed by atoms with van der Waals surface area (Å²) in [5, 5.41) is 14.4. The minimum Gasteiger partial charge on any atom is -0.459 e. The van der Waals surface area contributed by atoms with Crippen LogP contribution in [0.5, 0.6) is 0 Å². The number of hydrogen-bond donors (Lipinski definition) is 1. The van der Waals surface area contributed by atoms with Crippen molar-refractivity contribution in [1.82, 2.24) is 9.88 Å². The van der Waals surface area contributed by atoms with Gasteiger partial charge in [0.15, 0.2) is 0 Å². The molecule has 1 N–H and O–H groups in total. The molecule has 0 bridgehead atoms. The molecule has 0 unspecified atom stereocenters. The van der Waals surface area contributed by atoms with Gasteiger partial charge in [-0.1, -0.05) is 18.2 Å². The number of nitrogens with zero attached hydrogens (tertiary/aromatic N) is 2. The van der Waals surface area contributed by atoms with Crippen LogP contribution >= 0.6 is 0 Å². The van der Waals surface area contributed by atoms with Gasteiger partial charge >= 0.3 is 0 Å². The average Bonchev–Trinajstić information content (AvgIpc) is 3.01. The van der Waals surface area contributed by atoms with Gasteiger partial charge in [0.2, 0.25) is 5.91 Å². The Labute approximate surface area is 141 Å². The number of nitrogens with one attached hydrogen (secondary N) is 1. The molecule has 2 aromatic heterocycles. The highest BCUT2D eigenvalue weighted by molar-refractivity contribution is 5.79. The van der Waals surface area contributed by atoms with Gasteiger partial charge in [-0.05, 0) is 19.1 Å². The summed E-state index contributed by atoms with van der Waals surface area (Å²) in [6, 6.07) is 11.1. The van der Waals surface area contributed by atoms with Crippen LogP contribution in [0.2, 0.25) is 0 Å². The van der Waals surface area contributed by atoms with Gasteiger partial charge in [-0.25, -0.2) is 0 Å². The van der Waals surface area contributed by atoms with Crippen LogP contribution in [-0.2, 0) is 11.3 Å². The largest absolute Gasteiger partial charge is 0.459 e. The van der Waals surface area contributed by atoms with Crippen molar-refractivity contribution in [3.8, 4) is 0 Å². The zero-order valence-electron chi connectivity index (χ0n) is 13.3. The Hall–Kier alpha value is -3.42. The monoisotopic (exact) mass is 341 g/mol. The minimum absolute atomic E-state index is 0.252. The molecule has 0 aliphatic rings. The number of para-hydroxylation sites is 1. The van der Waals surface area contributed by atoms with Crippen molar-refractivity contribution >= 4 is 22.6 Å². The predicted octanol–water partition coefficient (Wildman–Crippen LogP) is 2.38. The minimum atomic E-state index is -0.620. The Bertz CT molecular complexity index is 972. The molecule has 0 spiro atoms. The quantitative estimate of drug-likeness (QED) is 0.566. The van der Waals surface area contributed by atoms with Crippen LogP contribution in [0, 0.1) is 10.1 Å². The Morgan fingerprint density at radius 1 is 1.32 bits per heavy atom. The summed E-state index contributed by atoms with van der Waals surface area (Å²) >= 11 is 0. The van der Waals surface area contributed by atoms with E-state index in [4.69, 9.17) is 4.42 Å². The zero-order chi connectivity index (χ0) is 18.0. The molecule has 3 rings (SSSR count). The van der Waals surface area contributed by atoms with Gasteiger partial charge in [0.25, 0.3) is 11.2 Å². The maximum atomic E-state index is 12.2. The molecule has 0 fully saturated rings. The topological polar surface area (TPSA) is 107 Å². The van der Waals surface area contributed by atoms with E-state index in [0.29, 0.717) is 11.3 Å². The molecule has 1 amide bonds. The molecule has 0 aliphatic carbocycles. The second-order valence-corrected chi connectivity index (χ2v) is 5.59. The third-order valence-corrected chi connectivity index (χ3v) is 3.74. The predicted molar refractivity (Wildman–Crippen MR) is 90.1 cm³/mol. The van der Waals surface area contributed by atoms with Crippen molar-refractivity contribution in [2.45, 2.75) is 19.5 Å². The van der Waals surface area contributed by atoms with Gasteiger partial charge < -0.3 is 9.73 Å². The van der Waals surface area contributed by atoms with Gasteiger partial charge in [-0.2, -0.15) is 0 Å². The number of rotatable bonds is 5. The van der Waals surface area contributed by atoms with Gasteiger partial charge in [-0.15, -0.1) is 0 Å². The molecule has 0 saturated heterocycles. The molecule has 25 heavy (non-hydrogen) atoms. The SMILES string of the molecule is C[C@@H](NC(=O)Cn1cc([N+](=O)[O-])ccc1=O)c1cc2ccccc2o1. The van der Waals surface area contributed by atoms with Crippen molar-refractivity contribution in [3.05, 3.63) is 74.9 Å². The van der Waals surface area contributed by atoms with Crippen molar-refractivity contribution in [1.29, 1.82) is 0 Å². The lowest BCUT2D eigenvalue weighted by atomic mass is 10.2. The van der Waals surface area contributed by atoms with E-state index in [9.17, 15) is 19.7 Å². The molecule has 3 aromatic rings. The van der Waals surface area contributed by atoms with Crippen LogP contribution in [-0.4, -0.2) is 15.4 Å². The molecule has 1 atom stereocenters. The number of aromatic nitrogens is 1. The number of hydrogen-bond acceptors (Lipinski definition) is 5. The molecule has 0 radical (unpaired) electrons. The maximum Gasteiger partial charge on any atom is 0.285 e. The highest BCUT2D eigenvalue weighted by Gasteiger charge is 2.16. The summed E-state index contributed by atoms with van der Waals surface area (Å²) in [5.74, 6) is 0.136. The second kappa shape index (κ2) is 6.60. The number of carbonyl (C=O) groups is 1. The molecule has 8 nitrogen and oxygen atoms in total. The van der Waals surface area contributed by atoms with Crippen molar-refractivity contribution in [3.63, 3.8) is 0 Å². The smallest absolute Gasteiger partial charge is 0.285 e. The lowest BCUT2D eigenvalue weighted by Gasteiger charge is -2.12. The average molecular weight is 341 g/mol. The first-order valence-corrected chi connectivity index (χ1v) is 7.57. The Morgan fingerprint density at radius 3 is 2.80 bits per heavy atom. The molecule has 1 aromatic carbocycles. The summed E-state index contributed by atoms with van der Waals surface area (Å²) in [5.41, 5.74) is -0.0247. The number of furan rings is 1. The first-order valence-electron chi connectivity index (χ1n) is 7.57. The second-order valence-electron chi connectivity index (χ2n) is 5.59. The summed E-state index contributed by atoms with van der Waals surface area (Å²) in [4.78, 5) is 34.1. The normalized spacial score (nSPS) is 12.0. The molecule has 128 valence electrons. The van der Waals surface area contributed by atoms with E-state index >= 15 is 0 Å². The summed E-state index contributed by atoms with van der Waals surface area (Å²) in [6.45, 7) is 1.44. The van der Waals surface area contributed by atoms with E-state index in [0.717, 1.165) is 28.3 Å². The number of benzene rings is 1. The molecular weight excluding hydrogens is 326 g/mol. The number of pyridine rings is 1. The number of fused-ring (bicyclic) bond motifs is 1. The maximum absolute atomic E-state index is 12.2. The summed E-state index contributed by atoms with van der Waals surface area (Å²) < 4.78 is 6.68. The van der Waals surface area contributed by atoms with Crippen LogP contribution in [0.3, 0.4) is 0 Å². The van der Waals surface area contributed by atoms with Crippen molar-refractivity contribution in [2.75, 3.05) is 0 Å². The van der Waals surface area contributed by atoms with Crippen molar-refractivity contribution < 1.29 is 14.1 Å². The lowest BCUT2D eigenvalue weighted by molar-refractivity contribution is -0.385. The van der Waals surface area contributed by atoms with Crippen LogP contribution in [0.25, 0.3) is 11.0 Å². The molecule has 8 heteroatoms. The summed E-state index contributed by atoms with van der Waals surface area (Å²) in [6.07, 6.45) is 1.05. The van der Waals surface area contributed by atoms with E-state index < -0.39 is 22.4 Å². The standard InChI is InChI=1S/C17H15N3O5/c1-11(15-8-12-4-2-3-5-14(12)25-15)18-16(21)10-19-9-13(20(23)24)6-7-17(19)22/h2-9,11H,10H2,1H3,(H,18,21)/t11-/m1/s1. The number of amides is 1. The third kappa shape index (κ3) is 3.57. The van der Waals surface area contributed by atoms with E-state index in [2.05, 4.69) is 5.32 Å². The number of nitro groups is 1. The number of carbonyl (C=O) groups excluding carboxylic acids is 1. The van der Waals surface area contributed by atoms with Crippen LogP contribution < -0.4 is 10.9 Å².